The van der Waals surface area contributed by atoms with E-state index in [1.807, 2.05) is 24.3 Å². The molecule has 2 aromatic rings. The first-order valence-electron chi connectivity index (χ1n) is 8.00. The van der Waals surface area contributed by atoms with Crippen LogP contribution in [0.4, 0.5) is 0 Å². The minimum atomic E-state index is -3.13. The van der Waals surface area contributed by atoms with Gasteiger partial charge in [0.2, 0.25) is 0 Å². The van der Waals surface area contributed by atoms with Crippen molar-refractivity contribution in [2.45, 2.75) is 30.9 Å². The van der Waals surface area contributed by atoms with Crippen molar-refractivity contribution in [2.24, 2.45) is 0 Å². The highest BCUT2D eigenvalue weighted by Gasteiger charge is 2.41. The van der Waals surface area contributed by atoms with Crippen molar-refractivity contribution in [3.05, 3.63) is 30.2 Å². The summed E-state index contributed by atoms with van der Waals surface area (Å²) < 4.78 is 29.4. The van der Waals surface area contributed by atoms with E-state index in [0.717, 1.165) is 30.5 Å². The van der Waals surface area contributed by atoms with Crippen LogP contribution >= 0.6 is 0 Å². The molecule has 2 saturated heterocycles. The van der Waals surface area contributed by atoms with Gasteiger partial charge in [0.25, 0.3) is 0 Å². The summed E-state index contributed by atoms with van der Waals surface area (Å²) >= 11 is 0. The molecule has 7 heteroatoms. The van der Waals surface area contributed by atoms with Crippen LogP contribution in [0.3, 0.4) is 0 Å². The number of piperidine rings is 1. The van der Waals surface area contributed by atoms with Crippen molar-refractivity contribution >= 4 is 20.9 Å². The molecule has 0 amide bonds. The second kappa shape index (κ2) is 5.58. The molecule has 0 spiro atoms. The summed E-state index contributed by atoms with van der Waals surface area (Å²) in [6, 6.07) is 7.38. The molecule has 1 N–H and O–H groups in total. The van der Waals surface area contributed by atoms with E-state index in [9.17, 15) is 13.5 Å². The zero-order chi connectivity index (χ0) is 16.0. The Labute approximate surface area is 135 Å². The Balaban J connectivity index is 1.55. The van der Waals surface area contributed by atoms with E-state index in [2.05, 4.69) is 9.88 Å². The topological polar surface area (TPSA) is 83.6 Å². The highest BCUT2D eigenvalue weighted by atomic mass is 32.2. The zero-order valence-corrected chi connectivity index (χ0v) is 13.6. The number of para-hydroxylation sites is 2. The van der Waals surface area contributed by atoms with Crippen LogP contribution in [0.2, 0.25) is 0 Å². The maximum atomic E-state index is 11.7. The lowest BCUT2D eigenvalue weighted by Gasteiger charge is -2.36. The molecular formula is C16H20N2O4S. The van der Waals surface area contributed by atoms with Gasteiger partial charge in [-0.05, 0) is 31.5 Å². The molecule has 2 fully saturated rings. The lowest BCUT2D eigenvalue weighted by atomic mass is 9.96. The average molecular weight is 336 g/mol. The summed E-state index contributed by atoms with van der Waals surface area (Å²) in [6.07, 6.45) is 1.13. The third-order valence-corrected chi connectivity index (χ3v) is 6.57. The van der Waals surface area contributed by atoms with Gasteiger partial charge in [0.1, 0.15) is 5.52 Å². The molecule has 0 aliphatic carbocycles. The Morgan fingerprint density at radius 3 is 2.83 bits per heavy atom. The number of aliphatic hydroxyl groups excluding tert-OH is 1. The Kier molecular flexibility index (Phi) is 3.66. The maximum absolute atomic E-state index is 11.7. The van der Waals surface area contributed by atoms with E-state index in [4.69, 9.17) is 4.42 Å². The Hall–Kier alpha value is -1.44. The molecule has 23 heavy (non-hydrogen) atoms. The molecule has 2 aliphatic rings. The molecule has 124 valence electrons. The van der Waals surface area contributed by atoms with E-state index >= 15 is 0 Å². The molecule has 3 atom stereocenters. The number of hydrogen-bond acceptors (Lipinski definition) is 6. The van der Waals surface area contributed by atoms with Crippen LogP contribution < -0.4 is 0 Å². The van der Waals surface area contributed by atoms with E-state index in [1.165, 1.54) is 0 Å². The van der Waals surface area contributed by atoms with Gasteiger partial charge in [0.15, 0.2) is 21.3 Å². The fraction of sp³-hybridized carbons (Fsp3) is 0.562. The third kappa shape index (κ3) is 2.88. The summed E-state index contributed by atoms with van der Waals surface area (Å²) in [6.45, 7) is 1.50. The summed E-state index contributed by atoms with van der Waals surface area (Å²) in [4.78, 5) is 6.67. The highest BCUT2D eigenvalue weighted by molar-refractivity contribution is 7.91. The van der Waals surface area contributed by atoms with Crippen LogP contribution in [0.1, 0.15) is 24.7 Å². The normalized spacial score (nSPS) is 31.6. The van der Waals surface area contributed by atoms with Crippen LogP contribution in [0.25, 0.3) is 11.1 Å². The van der Waals surface area contributed by atoms with E-state index < -0.39 is 15.9 Å². The lowest BCUT2D eigenvalue weighted by Crippen LogP contribution is -2.47. The van der Waals surface area contributed by atoms with Crippen molar-refractivity contribution in [2.75, 3.05) is 24.6 Å². The molecular weight excluding hydrogens is 316 g/mol. The SMILES string of the molecule is O=S1(=O)C[C@@H](O)[C@H](N2CCC[C@@H](c3nc4ccccc4o3)C2)C1. The van der Waals surface area contributed by atoms with Gasteiger partial charge in [-0.3, -0.25) is 4.90 Å². The first-order chi connectivity index (χ1) is 11.0. The number of oxazole rings is 1. The number of aliphatic hydroxyl groups is 1. The summed E-state index contributed by atoms with van der Waals surface area (Å²) in [5.41, 5.74) is 1.63. The second-order valence-electron chi connectivity index (χ2n) is 6.57. The molecule has 0 bridgehead atoms. The fourth-order valence-electron chi connectivity index (χ4n) is 3.73. The van der Waals surface area contributed by atoms with E-state index in [0.29, 0.717) is 12.4 Å². The molecule has 3 heterocycles. The van der Waals surface area contributed by atoms with Gasteiger partial charge >= 0.3 is 0 Å². The molecule has 1 aromatic heterocycles. The number of sulfone groups is 1. The van der Waals surface area contributed by atoms with Gasteiger partial charge in [0, 0.05) is 12.5 Å². The number of fused-ring (bicyclic) bond motifs is 1. The Morgan fingerprint density at radius 2 is 2.09 bits per heavy atom. The minimum absolute atomic E-state index is 0.0500. The smallest absolute Gasteiger partial charge is 0.199 e. The fourth-order valence-corrected chi connectivity index (χ4v) is 5.57. The first-order valence-corrected chi connectivity index (χ1v) is 9.82. The van der Waals surface area contributed by atoms with Gasteiger partial charge in [-0.2, -0.15) is 0 Å². The summed E-state index contributed by atoms with van der Waals surface area (Å²) in [7, 11) is -3.13. The summed E-state index contributed by atoms with van der Waals surface area (Å²) in [5, 5.41) is 10.1. The summed E-state index contributed by atoms with van der Waals surface area (Å²) in [5.74, 6) is 0.786. The van der Waals surface area contributed by atoms with Crippen LogP contribution in [-0.2, 0) is 9.84 Å². The second-order valence-corrected chi connectivity index (χ2v) is 8.72. The van der Waals surface area contributed by atoms with Gasteiger partial charge < -0.3 is 9.52 Å². The molecule has 1 aromatic carbocycles. The van der Waals surface area contributed by atoms with E-state index in [-0.39, 0.29) is 23.5 Å². The number of benzene rings is 1. The average Bonchev–Trinajstić information content (AvgIpc) is 3.07. The monoisotopic (exact) mass is 336 g/mol. The van der Waals surface area contributed by atoms with Gasteiger partial charge in [-0.25, -0.2) is 13.4 Å². The molecule has 0 radical (unpaired) electrons. The predicted octanol–water partition coefficient (Wildman–Crippen LogP) is 1.17. The molecule has 6 nitrogen and oxygen atoms in total. The highest BCUT2D eigenvalue weighted by Crippen LogP contribution is 2.31. The predicted molar refractivity (Wildman–Crippen MR) is 86.0 cm³/mol. The Morgan fingerprint density at radius 1 is 1.26 bits per heavy atom. The lowest BCUT2D eigenvalue weighted by molar-refractivity contribution is 0.0615. The number of nitrogens with zero attached hydrogens (tertiary/aromatic N) is 2. The van der Waals surface area contributed by atoms with Crippen molar-refractivity contribution in [1.29, 1.82) is 0 Å². The first kappa shape index (κ1) is 15.1. The number of hydrogen-bond donors (Lipinski definition) is 1. The number of aromatic nitrogens is 1. The van der Waals surface area contributed by atoms with Crippen molar-refractivity contribution in [1.82, 2.24) is 9.88 Å². The standard InChI is InChI=1S/C16H20N2O4S/c19-14-10-23(20,21)9-13(14)18-7-3-4-11(8-18)16-17-12-5-1-2-6-15(12)22-16/h1-2,5-6,11,13-14,19H,3-4,7-10H2/t11-,13-,14-/m1/s1. The molecule has 4 rings (SSSR count). The van der Waals surface area contributed by atoms with Crippen molar-refractivity contribution in [3.63, 3.8) is 0 Å². The van der Waals surface area contributed by atoms with Crippen LogP contribution in [0, 0.1) is 0 Å². The van der Waals surface area contributed by atoms with Crippen LogP contribution in [-0.4, -0.2) is 60.1 Å². The Bertz CT molecular complexity index is 783. The molecule has 0 saturated carbocycles. The maximum Gasteiger partial charge on any atom is 0.199 e. The third-order valence-electron chi connectivity index (χ3n) is 4.88. The van der Waals surface area contributed by atoms with Crippen molar-refractivity contribution < 1.29 is 17.9 Å². The van der Waals surface area contributed by atoms with Crippen LogP contribution in [0.5, 0.6) is 0 Å². The van der Waals surface area contributed by atoms with Gasteiger partial charge in [-0.1, -0.05) is 12.1 Å². The number of rotatable bonds is 2. The largest absolute Gasteiger partial charge is 0.440 e. The van der Waals surface area contributed by atoms with Crippen LogP contribution in [0.15, 0.2) is 28.7 Å². The molecule has 0 unspecified atom stereocenters. The van der Waals surface area contributed by atoms with Gasteiger partial charge in [0.05, 0.1) is 23.7 Å². The van der Waals surface area contributed by atoms with Gasteiger partial charge in [-0.15, -0.1) is 0 Å². The quantitative estimate of drug-likeness (QED) is 0.886. The molecule has 2 aliphatic heterocycles. The van der Waals surface area contributed by atoms with Crippen molar-refractivity contribution in [3.8, 4) is 0 Å². The minimum Gasteiger partial charge on any atom is -0.440 e. The zero-order valence-electron chi connectivity index (χ0n) is 12.8. The van der Waals surface area contributed by atoms with E-state index in [1.54, 1.807) is 0 Å². The number of likely N-dealkylation sites (tertiary alicyclic amines) is 1.